The molecule has 1 N–H and O–H groups in total. The van der Waals surface area contributed by atoms with E-state index >= 15 is 0 Å². The second kappa shape index (κ2) is 8.42. The van der Waals surface area contributed by atoms with Gasteiger partial charge in [-0.15, -0.1) is 11.8 Å². The van der Waals surface area contributed by atoms with Gasteiger partial charge in [-0.05, 0) is 18.2 Å². The number of methoxy groups -OCH3 is 1. The molecule has 0 unspecified atom stereocenters. The zero-order valence-corrected chi connectivity index (χ0v) is 14.5. The van der Waals surface area contributed by atoms with Gasteiger partial charge in [0.2, 0.25) is 5.91 Å². The molecule has 1 aliphatic rings. The van der Waals surface area contributed by atoms with E-state index in [1.807, 2.05) is 18.2 Å². The molecule has 0 radical (unpaired) electrons. The van der Waals surface area contributed by atoms with E-state index in [-0.39, 0.29) is 5.91 Å². The van der Waals surface area contributed by atoms with Gasteiger partial charge in [0, 0.05) is 5.56 Å². The molecule has 0 aromatic heterocycles. The Balaban J connectivity index is 2.54. The Morgan fingerprint density at radius 1 is 1.33 bits per heavy atom. The maximum atomic E-state index is 12.4. The van der Waals surface area contributed by atoms with Crippen LogP contribution in [0.5, 0.6) is 5.75 Å². The van der Waals surface area contributed by atoms with Crippen molar-refractivity contribution in [1.29, 1.82) is 10.5 Å². The Morgan fingerprint density at radius 2 is 2.08 bits per heavy atom. The van der Waals surface area contributed by atoms with Gasteiger partial charge in [0.05, 0.1) is 35.8 Å². The van der Waals surface area contributed by atoms with Crippen LogP contribution in [0.4, 0.5) is 0 Å². The van der Waals surface area contributed by atoms with Crippen molar-refractivity contribution >= 4 is 17.7 Å². The molecule has 6 heteroatoms. The number of para-hydroxylation sites is 1. The topological polar surface area (TPSA) is 85.9 Å². The molecule has 1 aliphatic heterocycles. The summed E-state index contributed by atoms with van der Waals surface area (Å²) in [4.78, 5) is 12.4. The van der Waals surface area contributed by atoms with Crippen LogP contribution in [0.15, 0.2) is 34.9 Å². The average molecular weight is 341 g/mol. The second-order valence-electron chi connectivity index (χ2n) is 5.37. The quantitative estimate of drug-likeness (QED) is 0.802. The number of carbonyl (C=O) groups is 1. The fourth-order valence-corrected chi connectivity index (χ4v) is 3.80. The molecule has 1 amide bonds. The normalized spacial score (nSPS) is 20.1. The summed E-state index contributed by atoms with van der Waals surface area (Å²) in [5, 5.41) is 22.5. The summed E-state index contributed by atoms with van der Waals surface area (Å²) < 4.78 is 5.37. The molecule has 2 rings (SSSR count). The van der Waals surface area contributed by atoms with Crippen LogP contribution in [0.25, 0.3) is 0 Å². The first-order valence-electron chi connectivity index (χ1n) is 7.78. The third-order valence-electron chi connectivity index (χ3n) is 3.89. The third-order valence-corrected chi connectivity index (χ3v) is 4.99. The maximum absolute atomic E-state index is 12.4. The minimum absolute atomic E-state index is 0.369. The Bertz CT molecular complexity index is 731. The molecule has 24 heavy (non-hydrogen) atoms. The van der Waals surface area contributed by atoms with Crippen molar-refractivity contribution in [1.82, 2.24) is 5.32 Å². The molecule has 0 saturated heterocycles. The highest BCUT2D eigenvalue weighted by molar-refractivity contribution is 8.03. The number of ether oxygens (including phenoxy) is 1. The lowest BCUT2D eigenvalue weighted by Gasteiger charge is -2.29. The van der Waals surface area contributed by atoms with E-state index in [4.69, 9.17) is 4.74 Å². The van der Waals surface area contributed by atoms with Crippen molar-refractivity contribution in [2.45, 2.75) is 25.7 Å². The highest BCUT2D eigenvalue weighted by atomic mass is 32.2. The van der Waals surface area contributed by atoms with Gasteiger partial charge in [-0.25, -0.2) is 0 Å². The van der Waals surface area contributed by atoms with Gasteiger partial charge < -0.3 is 10.1 Å². The molecule has 0 spiro atoms. The smallest absolute Gasteiger partial charge is 0.243 e. The number of rotatable bonds is 6. The number of amides is 1. The molecule has 0 bridgehead atoms. The highest BCUT2D eigenvalue weighted by Crippen LogP contribution is 2.42. The summed E-state index contributed by atoms with van der Waals surface area (Å²) in [6.07, 6.45) is 2.02. The lowest BCUT2D eigenvalue weighted by atomic mass is 9.79. The molecular weight excluding hydrogens is 322 g/mol. The van der Waals surface area contributed by atoms with Gasteiger partial charge in [0.25, 0.3) is 0 Å². The third kappa shape index (κ3) is 3.55. The van der Waals surface area contributed by atoms with Crippen LogP contribution in [-0.2, 0) is 4.79 Å². The lowest BCUT2D eigenvalue weighted by Crippen LogP contribution is -2.39. The maximum Gasteiger partial charge on any atom is 0.243 e. The number of hydrogen-bond acceptors (Lipinski definition) is 5. The molecular formula is C18H19N3O2S. The number of nitrogens with zero attached hydrogens (tertiary/aromatic N) is 2. The van der Waals surface area contributed by atoms with Crippen LogP contribution in [-0.4, -0.2) is 18.8 Å². The van der Waals surface area contributed by atoms with Crippen molar-refractivity contribution in [3.8, 4) is 17.9 Å². The van der Waals surface area contributed by atoms with Gasteiger partial charge in [-0.1, -0.05) is 31.5 Å². The molecule has 5 nitrogen and oxygen atoms in total. The van der Waals surface area contributed by atoms with Crippen LogP contribution in [0.2, 0.25) is 0 Å². The van der Waals surface area contributed by atoms with Crippen molar-refractivity contribution in [3.63, 3.8) is 0 Å². The standard InChI is InChI=1S/C18H19N3O2S/c1-3-4-9-24-18-14(11-20)16(13(10-19)17(22)21-18)12-7-5-6-8-15(12)23-2/h5-8,13,16H,3-4,9H2,1-2H3,(H,21,22)/t13-,16+/m0/s1. The van der Waals surface area contributed by atoms with Crippen LogP contribution in [0.1, 0.15) is 31.2 Å². The molecule has 0 aliphatic carbocycles. The predicted molar refractivity (Wildman–Crippen MR) is 93.0 cm³/mol. The molecule has 1 aromatic carbocycles. The Hall–Kier alpha value is -2.44. The van der Waals surface area contributed by atoms with Gasteiger partial charge in [0.15, 0.2) is 0 Å². The Kier molecular flexibility index (Phi) is 6.28. The zero-order chi connectivity index (χ0) is 17.5. The molecule has 2 atom stereocenters. The van der Waals surface area contributed by atoms with Crippen molar-refractivity contribution in [3.05, 3.63) is 40.4 Å². The van der Waals surface area contributed by atoms with Gasteiger partial charge in [0.1, 0.15) is 11.7 Å². The summed E-state index contributed by atoms with van der Waals surface area (Å²) in [6.45, 7) is 2.09. The van der Waals surface area contributed by atoms with Gasteiger partial charge >= 0.3 is 0 Å². The van der Waals surface area contributed by atoms with Crippen LogP contribution < -0.4 is 10.1 Å². The number of allylic oxidation sites excluding steroid dienone is 1. The summed E-state index contributed by atoms with van der Waals surface area (Å²) >= 11 is 1.46. The summed E-state index contributed by atoms with van der Waals surface area (Å²) in [6, 6.07) is 11.5. The Morgan fingerprint density at radius 3 is 2.71 bits per heavy atom. The van der Waals surface area contributed by atoms with E-state index in [1.165, 1.54) is 18.9 Å². The van der Waals surface area contributed by atoms with E-state index in [1.54, 1.807) is 12.1 Å². The van der Waals surface area contributed by atoms with E-state index in [0.717, 1.165) is 18.6 Å². The van der Waals surface area contributed by atoms with Crippen LogP contribution >= 0.6 is 11.8 Å². The van der Waals surface area contributed by atoms with Crippen molar-refractivity contribution < 1.29 is 9.53 Å². The predicted octanol–water partition coefficient (Wildman–Crippen LogP) is 3.32. The zero-order valence-electron chi connectivity index (χ0n) is 13.7. The highest BCUT2D eigenvalue weighted by Gasteiger charge is 2.40. The number of benzene rings is 1. The fraction of sp³-hybridized carbons (Fsp3) is 0.389. The molecule has 1 heterocycles. The molecule has 124 valence electrons. The van der Waals surface area contributed by atoms with E-state index < -0.39 is 11.8 Å². The van der Waals surface area contributed by atoms with Crippen LogP contribution in [0.3, 0.4) is 0 Å². The molecule has 1 aromatic rings. The SMILES string of the molecule is CCCCSC1=C(C#N)[C@H](c2ccccc2OC)[C@H](C#N)C(=O)N1. The summed E-state index contributed by atoms with van der Waals surface area (Å²) in [5.41, 5.74) is 1.11. The molecule has 0 fully saturated rings. The fourth-order valence-electron chi connectivity index (χ4n) is 2.66. The summed E-state index contributed by atoms with van der Waals surface area (Å²) in [7, 11) is 1.54. The molecule has 0 saturated carbocycles. The van der Waals surface area contributed by atoms with Crippen molar-refractivity contribution in [2.24, 2.45) is 5.92 Å². The number of carbonyl (C=O) groups excluding carboxylic acids is 1. The number of thioether (sulfide) groups is 1. The first kappa shape index (κ1) is 17.9. The number of hydrogen-bond donors (Lipinski definition) is 1. The minimum atomic E-state index is -0.952. The number of nitrogens with one attached hydrogen (secondary N) is 1. The summed E-state index contributed by atoms with van der Waals surface area (Å²) in [5.74, 6) is -0.553. The number of unbranched alkanes of at least 4 members (excludes halogenated alkanes) is 1. The van der Waals surface area contributed by atoms with Crippen molar-refractivity contribution in [2.75, 3.05) is 12.9 Å². The van der Waals surface area contributed by atoms with Gasteiger partial charge in [-0.2, -0.15) is 10.5 Å². The van der Waals surface area contributed by atoms with E-state index in [2.05, 4.69) is 18.3 Å². The Labute approximate surface area is 146 Å². The van der Waals surface area contributed by atoms with E-state index in [9.17, 15) is 15.3 Å². The average Bonchev–Trinajstić information content (AvgIpc) is 2.61. The number of nitriles is 2. The van der Waals surface area contributed by atoms with Gasteiger partial charge in [-0.3, -0.25) is 4.79 Å². The van der Waals surface area contributed by atoms with Crippen LogP contribution in [0, 0.1) is 28.6 Å². The van der Waals surface area contributed by atoms with E-state index in [0.29, 0.717) is 21.9 Å². The second-order valence-corrected chi connectivity index (χ2v) is 6.48. The minimum Gasteiger partial charge on any atom is -0.496 e. The largest absolute Gasteiger partial charge is 0.496 e. The first-order valence-corrected chi connectivity index (χ1v) is 8.76. The first-order chi connectivity index (χ1) is 11.7. The monoisotopic (exact) mass is 341 g/mol. The lowest BCUT2D eigenvalue weighted by molar-refractivity contribution is -0.123.